The lowest BCUT2D eigenvalue weighted by molar-refractivity contribution is 0.429. The van der Waals surface area contributed by atoms with Crippen LogP contribution in [0.5, 0.6) is 5.88 Å². The van der Waals surface area contributed by atoms with E-state index < -0.39 is 0 Å². The number of nitrogens with one attached hydrogen (secondary N) is 1. The fourth-order valence-electron chi connectivity index (χ4n) is 3.21. The Bertz CT molecular complexity index is 1280. The van der Waals surface area contributed by atoms with E-state index in [2.05, 4.69) is 43.6 Å². The molecule has 0 atom stereocenters. The van der Waals surface area contributed by atoms with Gasteiger partial charge in [0.15, 0.2) is 5.69 Å². The molecule has 0 aliphatic rings. The van der Waals surface area contributed by atoms with E-state index in [9.17, 15) is 5.11 Å². The third-order valence-corrected chi connectivity index (χ3v) is 5.70. The summed E-state index contributed by atoms with van der Waals surface area (Å²) in [5.41, 5.74) is 4.23. The van der Waals surface area contributed by atoms with Gasteiger partial charge in [-0.1, -0.05) is 57.4 Å². The van der Waals surface area contributed by atoms with Gasteiger partial charge in [-0.15, -0.1) is 10.2 Å². The van der Waals surface area contributed by atoms with Gasteiger partial charge in [0.25, 0.3) is 0 Å². The highest BCUT2D eigenvalue weighted by atomic mass is 79.9. The van der Waals surface area contributed by atoms with Crippen LogP contribution in [0.15, 0.2) is 81.4 Å². The van der Waals surface area contributed by atoms with Crippen molar-refractivity contribution < 1.29 is 5.11 Å². The quantitative estimate of drug-likeness (QED) is 0.218. The number of aromatic nitrogens is 1. The highest BCUT2D eigenvalue weighted by Gasteiger charge is 2.17. The first-order valence-corrected chi connectivity index (χ1v) is 11.0. The Morgan fingerprint density at radius 3 is 2.52 bits per heavy atom. The highest BCUT2D eigenvalue weighted by molar-refractivity contribution is 9.10. The third kappa shape index (κ3) is 4.95. The van der Waals surface area contributed by atoms with Gasteiger partial charge in [0.1, 0.15) is 0 Å². The highest BCUT2D eigenvalue weighted by Crippen LogP contribution is 2.40. The monoisotopic (exact) mass is 512 g/mol. The molecule has 0 unspecified atom stereocenters. The Labute approximate surface area is 198 Å². The standard InChI is InChI=1S/C23H18BrClN4OS/c1-14-2-4-15(5-3-14)13-29-20-11-6-16(24)12-19(20)21(22(29)30)27-28-23(31)26-18-9-7-17(25)8-10-18/h2-12,30H,13H2,1H3,(H,26,31). The van der Waals surface area contributed by atoms with E-state index >= 15 is 0 Å². The second kappa shape index (κ2) is 9.18. The second-order valence-electron chi connectivity index (χ2n) is 7.04. The van der Waals surface area contributed by atoms with Crippen LogP contribution in [0.3, 0.4) is 0 Å². The Hall–Kier alpha value is -2.74. The maximum absolute atomic E-state index is 11.0. The molecule has 0 radical (unpaired) electrons. The summed E-state index contributed by atoms with van der Waals surface area (Å²) in [7, 11) is 0. The van der Waals surface area contributed by atoms with E-state index in [-0.39, 0.29) is 11.0 Å². The molecule has 1 heterocycles. The van der Waals surface area contributed by atoms with Crippen LogP contribution in [0.25, 0.3) is 10.9 Å². The molecule has 0 bridgehead atoms. The molecule has 0 saturated heterocycles. The number of aromatic hydroxyl groups is 1. The first-order chi connectivity index (χ1) is 14.9. The summed E-state index contributed by atoms with van der Waals surface area (Å²) >= 11 is 14.7. The summed E-state index contributed by atoms with van der Waals surface area (Å²) in [6.45, 7) is 2.55. The number of anilines is 1. The summed E-state index contributed by atoms with van der Waals surface area (Å²) in [5, 5.41) is 23.9. The number of azo groups is 1. The molecule has 0 aliphatic carbocycles. The van der Waals surface area contributed by atoms with Crippen molar-refractivity contribution in [3.8, 4) is 5.88 Å². The van der Waals surface area contributed by atoms with Crippen molar-refractivity contribution in [2.75, 3.05) is 5.32 Å². The molecule has 0 aliphatic heterocycles. The molecule has 4 rings (SSSR count). The number of benzene rings is 3. The second-order valence-corrected chi connectivity index (χ2v) is 8.78. The molecular formula is C23H18BrClN4OS. The molecule has 156 valence electrons. The number of hydrogen-bond acceptors (Lipinski definition) is 3. The average Bonchev–Trinajstić information content (AvgIpc) is 3.00. The van der Waals surface area contributed by atoms with Crippen molar-refractivity contribution in [2.24, 2.45) is 10.2 Å². The summed E-state index contributed by atoms with van der Waals surface area (Å²) < 4.78 is 2.70. The SMILES string of the molecule is Cc1ccc(Cn2c(O)c(N=NC(=S)Nc3ccc(Cl)cc3)c3cc(Br)ccc32)cc1. The van der Waals surface area contributed by atoms with Gasteiger partial charge in [-0.25, -0.2) is 0 Å². The summed E-state index contributed by atoms with van der Waals surface area (Å²) in [6, 6.07) is 21.1. The minimum absolute atomic E-state index is 0.0340. The van der Waals surface area contributed by atoms with Crippen LogP contribution in [0.1, 0.15) is 11.1 Å². The van der Waals surface area contributed by atoms with Crippen LogP contribution in [-0.4, -0.2) is 14.8 Å². The van der Waals surface area contributed by atoms with Crippen molar-refractivity contribution in [1.29, 1.82) is 0 Å². The Morgan fingerprint density at radius 1 is 1.10 bits per heavy atom. The van der Waals surface area contributed by atoms with Crippen molar-refractivity contribution in [3.05, 3.63) is 87.4 Å². The third-order valence-electron chi connectivity index (χ3n) is 4.77. The zero-order valence-corrected chi connectivity index (χ0v) is 19.7. The van der Waals surface area contributed by atoms with Gasteiger partial charge in [0, 0.05) is 20.6 Å². The van der Waals surface area contributed by atoms with Crippen molar-refractivity contribution in [1.82, 2.24) is 4.57 Å². The maximum Gasteiger partial charge on any atom is 0.221 e. The van der Waals surface area contributed by atoms with Crippen LogP contribution in [-0.2, 0) is 6.54 Å². The van der Waals surface area contributed by atoms with E-state index in [1.54, 1.807) is 24.3 Å². The summed E-state index contributed by atoms with van der Waals surface area (Å²) in [4.78, 5) is 0. The molecule has 8 heteroatoms. The molecule has 4 aromatic rings. The molecule has 0 spiro atoms. The first kappa shape index (κ1) is 21.5. The Kier molecular flexibility index (Phi) is 6.36. The zero-order valence-electron chi connectivity index (χ0n) is 16.5. The number of halogens is 2. The molecule has 0 amide bonds. The maximum atomic E-state index is 11.0. The number of hydrogen-bond donors (Lipinski definition) is 2. The fraction of sp³-hybridized carbons (Fsp3) is 0.0870. The number of nitrogens with zero attached hydrogens (tertiary/aromatic N) is 3. The minimum atomic E-state index is 0.0340. The lowest BCUT2D eigenvalue weighted by Gasteiger charge is -2.07. The van der Waals surface area contributed by atoms with Crippen LogP contribution in [0.4, 0.5) is 11.4 Å². The molecule has 2 N–H and O–H groups in total. The Balaban J connectivity index is 1.66. The van der Waals surface area contributed by atoms with E-state index in [0.29, 0.717) is 17.3 Å². The van der Waals surface area contributed by atoms with Crippen LogP contribution < -0.4 is 5.32 Å². The number of rotatable bonds is 4. The summed E-state index contributed by atoms with van der Waals surface area (Å²) in [6.07, 6.45) is 0. The van der Waals surface area contributed by atoms with Gasteiger partial charge >= 0.3 is 0 Å². The van der Waals surface area contributed by atoms with E-state index in [1.807, 2.05) is 41.8 Å². The smallest absolute Gasteiger partial charge is 0.221 e. The summed E-state index contributed by atoms with van der Waals surface area (Å²) in [5.74, 6) is 0.0340. The fourth-order valence-corrected chi connectivity index (χ4v) is 3.85. The zero-order chi connectivity index (χ0) is 22.0. The molecule has 31 heavy (non-hydrogen) atoms. The Morgan fingerprint density at radius 2 is 1.81 bits per heavy atom. The van der Waals surface area contributed by atoms with Crippen molar-refractivity contribution in [3.63, 3.8) is 0 Å². The van der Waals surface area contributed by atoms with Gasteiger partial charge in [-0.2, -0.15) is 0 Å². The van der Waals surface area contributed by atoms with E-state index in [0.717, 1.165) is 26.6 Å². The number of thiocarbonyl (C=S) groups is 1. The number of fused-ring (bicyclic) bond motifs is 1. The van der Waals surface area contributed by atoms with E-state index in [1.165, 1.54) is 5.56 Å². The van der Waals surface area contributed by atoms with Gasteiger partial charge in [-0.05, 0) is 67.2 Å². The van der Waals surface area contributed by atoms with E-state index in [4.69, 9.17) is 23.8 Å². The minimum Gasteiger partial charge on any atom is -0.493 e. The van der Waals surface area contributed by atoms with Gasteiger partial charge in [0.05, 0.1) is 12.1 Å². The van der Waals surface area contributed by atoms with Crippen LogP contribution in [0, 0.1) is 6.92 Å². The largest absolute Gasteiger partial charge is 0.493 e. The molecular weight excluding hydrogens is 496 g/mol. The van der Waals surface area contributed by atoms with Gasteiger partial charge in [0.2, 0.25) is 11.0 Å². The molecule has 0 fully saturated rings. The van der Waals surface area contributed by atoms with Crippen LogP contribution in [0.2, 0.25) is 5.02 Å². The van der Waals surface area contributed by atoms with Gasteiger partial charge < -0.3 is 15.0 Å². The normalized spacial score (nSPS) is 11.3. The molecule has 3 aromatic carbocycles. The topological polar surface area (TPSA) is 61.9 Å². The van der Waals surface area contributed by atoms with Gasteiger partial charge in [-0.3, -0.25) is 0 Å². The molecule has 1 aromatic heterocycles. The number of aryl methyl sites for hydroxylation is 1. The van der Waals surface area contributed by atoms with Crippen molar-refractivity contribution in [2.45, 2.75) is 13.5 Å². The predicted molar refractivity (Wildman–Crippen MR) is 134 cm³/mol. The first-order valence-electron chi connectivity index (χ1n) is 9.45. The average molecular weight is 514 g/mol. The molecule has 0 saturated carbocycles. The lowest BCUT2D eigenvalue weighted by Crippen LogP contribution is -2.04. The molecule has 5 nitrogen and oxygen atoms in total. The van der Waals surface area contributed by atoms with Crippen LogP contribution >= 0.6 is 39.7 Å². The van der Waals surface area contributed by atoms with Crippen molar-refractivity contribution >= 4 is 67.1 Å². The predicted octanol–water partition coefficient (Wildman–Crippen LogP) is 7.60. The lowest BCUT2D eigenvalue weighted by atomic mass is 10.1.